The van der Waals surface area contributed by atoms with Crippen LogP contribution in [0.2, 0.25) is 5.02 Å². The van der Waals surface area contributed by atoms with E-state index in [1.807, 2.05) is 18.2 Å². The fourth-order valence-corrected chi connectivity index (χ4v) is 2.86. The molecule has 1 heterocycles. The van der Waals surface area contributed by atoms with Gasteiger partial charge in [-0.3, -0.25) is 4.90 Å². The van der Waals surface area contributed by atoms with Crippen LogP contribution in [0, 0.1) is 5.92 Å². The Labute approximate surface area is 122 Å². The van der Waals surface area contributed by atoms with E-state index in [9.17, 15) is 0 Å². The Morgan fingerprint density at radius 1 is 1.32 bits per heavy atom. The molecule has 3 heteroatoms. The number of rotatable bonds is 5. The number of nitrogens with zero attached hydrogens (tertiary/aromatic N) is 1. The maximum absolute atomic E-state index is 6.15. The van der Waals surface area contributed by atoms with Gasteiger partial charge in [0.15, 0.2) is 0 Å². The van der Waals surface area contributed by atoms with Gasteiger partial charge in [0, 0.05) is 24.2 Å². The number of halogens is 1. The van der Waals surface area contributed by atoms with E-state index in [2.05, 4.69) is 30.1 Å². The Morgan fingerprint density at radius 3 is 2.68 bits per heavy atom. The first-order valence-electron chi connectivity index (χ1n) is 7.35. The van der Waals surface area contributed by atoms with Crippen molar-refractivity contribution < 1.29 is 0 Å². The summed E-state index contributed by atoms with van der Waals surface area (Å²) in [6.45, 7) is 9.05. The number of hydrogen-bond acceptors (Lipinski definition) is 2. The van der Waals surface area contributed by atoms with Crippen molar-refractivity contribution in [3.8, 4) is 0 Å². The second-order valence-corrected chi connectivity index (χ2v) is 6.20. The molecule has 19 heavy (non-hydrogen) atoms. The van der Waals surface area contributed by atoms with E-state index in [0.29, 0.717) is 6.04 Å². The first-order chi connectivity index (χ1) is 9.16. The molecule has 1 aliphatic rings. The van der Waals surface area contributed by atoms with Crippen LogP contribution < -0.4 is 5.32 Å². The molecule has 0 radical (unpaired) electrons. The molecular formula is C16H25ClN2. The lowest BCUT2D eigenvalue weighted by Gasteiger charge is -2.35. The minimum atomic E-state index is 0.606. The molecule has 0 saturated carbocycles. The number of piperidine rings is 1. The molecule has 0 aliphatic carbocycles. The first kappa shape index (κ1) is 14.8. The zero-order valence-electron chi connectivity index (χ0n) is 12.0. The van der Waals surface area contributed by atoms with Gasteiger partial charge in [-0.25, -0.2) is 0 Å². The highest BCUT2D eigenvalue weighted by atomic mass is 35.5. The van der Waals surface area contributed by atoms with Crippen LogP contribution in [0.15, 0.2) is 24.3 Å². The van der Waals surface area contributed by atoms with Crippen LogP contribution in [0.25, 0.3) is 0 Å². The molecule has 1 fully saturated rings. The van der Waals surface area contributed by atoms with Crippen LogP contribution >= 0.6 is 11.6 Å². The number of benzene rings is 1. The Bertz CT molecular complexity index is 386. The molecule has 2 rings (SSSR count). The number of nitrogens with one attached hydrogen (secondary N) is 1. The molecule has 1 aromatic carbocycles. The van der Waals surface area contributed by atoms with Crippen molar-refractivity contribution >= 4 is 11.6 Å². The summed E-state index contributed by atoms with van der Waals surface area (Å²) in [4.78, 5) is 2.60. The van der Waals surface area contributed by atoms with Crippen LogP contribution in [0.3, 0.4) is 0 Å². The maximum atomic E-state index is 6.15. The van der Waals surface area contributed by atoms with Gasteiger partial charge in [-0.05, 0) is 50.4 Å². The highest BCUT2D eigenvalue weighted by molar-refractivity contribution is 6.31. The van der Waals surface area contributed by atoms with E-state index in [1.54, 1.807) is 0 Å². The smallest absolute Gasteiger partial charge is 0.0450 e. The van der Waals surface area contributed by atoms with Gasteiger partial charge >= 0.3 is 0 Å². The monoisotopic (exact) mass is 280 g/mol. The summed E-state index contributed by atoms with van der Waals surface area (Å²) in [5, 5.41) is 4.38. The van der Waals surface area contributed by atoms with Gasteiger partial charge in [-0.2, -0.15) is 0 Å². The van der Waals surface area contributed by atoms with Crippen molar-refractivity contribution in [2.24, 2.45) is 5.92 Å². The van der Waals surface area contributed by atoms with E-state index in [0.717, 1.165) is 24.0 Å². The highest BCUT2D eigenvalue weighted by Crippen LogP contribution is 2.18. The fraction of sp³-hybridized carbons (Fsp3) is 0.625. The normalized spacial score (nSPS) is 19.5. The summed E-state index contributed by atoms with van der Waals surface area (Å²) in [6, 6.07) is 8.66. The highest BCUT2D eigenvalue weighted by Gasteiger charge is 2.19. The fourth-order valence-electron chi connectivity index (χ4n) is 2.66. The quantitative estimate of drug-likeness (QED) is 0.887. The lowest BCUT2D eigenvalue weighted by Crippen LogP contribution is -2.44. The summed E-state index contributed by atoms with van der Waals surface area (Å²) in [7, 11) is 0. The second-order valence-electron chi connectivity index (χ2n) is 5.79. The summed E-state index contributed by atoms with van der Waals surface area (Å²) >= 11 is 6.15. The number of likely N-dealkylation sites (tertiary alicyclic amines) is 1. The average Bonchev–Trinajstić information content (AvgIpc) is 2.41. The number of hydrogen-bond donors (Lipinski definition) is 1. The van der Waals surface area contributed by atoms with Crippen LogP contribution in [0.5, 0.6) is 0 Å². The minimum Gasteiger partial charge on any atom is -0.311 e. The second kappa shape index (κ2) is 7.28. The van der Waals surface area contributed by atoms with Gasteiger partial charge in [0.25, 0.3) is 0 Å². The van der Waals surface area contributed by atoms with E-state index in [4.69, 9.17) is 11.6 Å². The molecule has 0 aromatic heterocycles. The molecule has 1 aromatic rings. The largest absolute Gasteiger partial charge is 0.311 e. The summed E-state index contributed by atoms with van der Waals surface area (Å²) in [6.07, 6.45) is 2.68. The zero-order chi connectivity index (χ0) is 13.7. The standard InChI is InChI=1S/C16H25ClN2/c1-13-7-9-19(10-8-13)14(2)11-18-12-15-5-3-4-6-16(15)17/h3-6,13-14,18H,7-12H2,1-2H3. The third-order valence-electron chi connectivity index (χ3n) is 4.15. The molecule has 1 atom stereocenters. The predicted molar refractivity (Wildman–Crippen MR) is 82.6 cm³/mol. The molecule has 0 spiro atoms. The van der Waals surface area contributed by atoms with Gasteiger partial charge in [0.2, 0.25) is 0 Å². The van der Waals surface area contributed by atoms with Crippen LogP contribution in [0.1, 0.15) is 32.3 Å². The molecule has 1 N–H and O–H groups in total. The van der Waals surface area contributed by atoms with Gasteiger partial charge in [-0.1, -0.05) is 36.7 Å². The van der Waals surface area contributed by atoms with Crippen molar-refractivity contribution in [2.45, 2.75) is 39.3 Å². The van der Waals surface area contributed by atoms with Gasteiger partial charge in [-0.15, -0.1) is 0 Å². The molecule has 1 aliphatic heterocycles. The van der Waals surface area contributed by atoms with E-state index in [-0.39, 0.29) is 0 Å². The lowest BCUT2D eigenvalue weighted by atomic mass is 9.98. The summed E-state index contributed by atoms with van der Waals surface area (Å²) in [5.41, 5.74) is 1.18. The third-order valence-corrected chi connectivity index (χ3v) is 4.52. The molecule has 1 unspecified atom stereocenters. The summed E-state index contributed by atoms with van der Waals surface area (Å²) < 4.78 is 0. The molecule has 0 amide bonds. The van der Waals surface area contributed by atoms with E-state index >= 15 is 0 Å². The SMILES string of the molecule is CC1CCN(C(C)CNCc2ccccc2Cl)CC1. The van der Waals surface area contributed by atoms with Gasteiger partial charge in [0.05, 0.1) is 0 Å². The average molecular weight is 281 g/mol. The van der Waals surface area contributed by atoms with E-state index < -0.39 is 0 Å². The van der Waals surface area contributed by atoms with Crippen molar-refractivity contribution in [3.63, 3.8) is 0 Å². The topological polar surface area (TPSA) is 15.3 Å². The van der Waals surface area contributed by atoms with Crippen molar-refractivity contribution in [1.29, 1.82) is 0 Å². The minimum absolute atomic E-state index is 0.606. The van der Waals surface area contributed by atoms with Crippen molar-refractivity contribution in [2.75, 3.05) is 19.6 Å². The Morgan fingerprint density at radius 2 is 2.00 bits per heavy atom. The molecule has 106 valence electrons. The van der Waals surface area contributed by atoms with E-state index in [1.165, 1.54) is 31.5 Å². The van der Waals surface area contributed by atoms with Crippen molar-refractivity contribution in [3.05, 3.63) is 34.9 Å². The van der Waals surface area contributed by atoms with Crippen LogP contribution in [0.4, 0.5) is 0 Å². The molecule has 1 saturated heterocycles. The Balaban J connectivity index is 1.72. The van der Waals surface area contributed by atoms with Crippen LogP contribution in [-0.2, 0) is 6.54 Å². The third kappa shape index (κ3) is 4.48. The van der Waals surface area contributed by atoms with Gasteiger partial charge in [0.1, 0.15) is 0 Å². The first-order valence-corrected chi connectivity index (χ1v) is 7.73. The Kier molecular flexibility index (Phi) is 5.68. The lowest BCUT2D eigenvalue weighted by molar-refractivity contribution is 0.144. The molecule has 0 bridgehead atoms. The molecular weight excluding hydrogens is 256 g/mol. The van der Waals surface area contributed by atoms with Gasteiger partial charge < -0.3 is 5.32 Å². The van der Waals surface area contributed by atoms with Crippen molar-refractivity contribution in [1.82, 2.24) is 10.2 Å². The predicted octanol–water partition coefficient (Wildman–Crippen LogP) is 3.55. The Hall–Kier alpha value is -0.570. The molecule has 2 nitrogen and oxygen atoms in total. The van der Waals surface area contributed by atoms with Crippen LogP contribution in [-0.4, -0.2) is 30.6 Å². The zero-order valence-corrected chi connectivity index (χ0v) is 12.8. The maximum Gasteiger partial charge on any atom is 0.0450 e. The summed E-state index contributed by atoms with van der Waals surface area (Å²) in [5.74, 6) is 0.902.